The summed E-state index contributed by atoms with van der Waals surface area (Å²) in [7, 11) is 0. The maximum Gasteiger partial charge on any atom is 0.0795 e. The van der Waals surface area contributed by atoms with Gasteiger partial charge in [-0.05, 0) is 12.8 Å². The third-order valence-electron chi connectivity index (χ3n) is 2.44. The second kappa shape index (κ2) is 2.47. The Morgan fingerprint density at radius 2 is 2.10 bits per heavy atom. The second-order valence-corrected chi connectivity index (χ2v) is 3.53. The molecular formula is C7H12N2S. The Morgan fingerprint density at radius 3 is 2.80 bits per heavy atom. The van der Waals surface area contributed by atoms with E-state index in [2.05, 4.69) is 10.2 Å². The zero-order chi connectivity index (χ0) is 6.97. The fourth-order valence-corrected chi connectivity index (χ4v) is 1.99. The van der Waals surface area contributed by atoms with E-state index in [1.807, 2.05) is 0 Å². The smallest absolute Gasteiger partial charge is 0.0795 e. The number of nitrogens with zero attached hydrogens (tertiary/aromatic N) is 1. The summed E-state index contributed by atoms with van der Waals surface area (Å²) >= 11 is 5.20. The van der Waals surface area contributed by atoms with Crippen molar-refractivity contribution in [2.75, 3.05) is 19.8 Å². The molecule has 0 unspecified atom stereocenters. The average Bonchev–Trinajstić information content (AvgIpc) is 2.24. The summed E-state index contributed by atoms with van der Waals surface area (Å²) in [6.07, 6.45) is 2.54. The van der Waals surface area contributed by atoms with E-state index in [4.69, 9.17) is 12.2 Å². The van der Waals surface area contributed by atoms with Crippen molar-refractivity contribution in [1.29, 1.82) is 0 Å². The van der Waals surface area contributed by atoms with Crippen molar-refractivity contribution in [3.05, 3.63) is 0 Å². The van der Waals surface area contributed by atoms with Crippen molar-refractivity contribution in [2.45, 2.75) is 12.8 Å². The third kappa shape index (κ3) is 1.04. The lowest BCUT2D eigenvalue weighted by molar-refractivity contribution is 0.227. The number of hydrogen-bond donors (Lipinski definition) is 1. The minimum atomic E-state index is 0.689. The Balaban J connectivity index is 2.14. The van der Waals surface area contributed by atoms with Crippen LogP contribution in [0.4, 0.5) is 0 Å². The molecule has 3 heterocycles. The van der Waals surface area contributed by atoms with E-state index in [0.717, 1.165) is 11.7 Å². The maximum absolute atomic E-state index is 5.20. The number of fused-ring (bicyclic) bond motifs is 4. The van der Waals surface area contributed by atoms with E-state index in [1.165, 1.54) is 25.9 Å². The van der Waals surface area contributed by atoms with Crippen molar-refractivity contribution in [2.24, 2.45) is 5.92 Å². The monoisotopic (exact) mass is 156 g/mol. The lowest BCUT2D eigenvalue weighted by atomic mass is 9.98. The highest BCUT2D eigenvalue weighted by atomic mass is 32.1. The van der Waals surface area contributed by atoms with Crippen LogP contribution < -0.4 is 5.32 Å². The summed E-state index contributed by atoms with van der Waals surface area (Å²) in [4.78, 5) is 3.52. The van der Waals surface area contributed by atoms with Gasteiger partial charge in [-0.2, -0.15) is 0 Å². The molecule has 56 valence electrons. The van der Waals surface area contributed by atoms with Crippen LogP contribution in [0.3, 0.4) is 0 Å². The summed E-state index contributed by atoms with van der Waals surface area (Å²) in [5.41, 5.74) is 0. The zero-order valence-corrected chi connectivity index (χ0v) is 6.78. The Bertz CT molecular complexity index is 150. The average molecular weight is 156 g/mol. The van der Waals surface area contributed by atoms with E-state index in [-0.39, 0.29) is 0 Å². The summed E-state index contributed by atoms with van der Waals surface area (Å²) < 4.78 is 0. The van der Waals surface area contributed by atoms with Crippen LogP contribution in [0.1, 0.15) is 12.8 Å². The van der Waals surface area contributed by atoms with Crippen LogP contribution >= 0.6 is 12.2 Å². The minimum absolute atomic E-state index is 0.689. The minimum Gasteiger partial charge on any atom is -0.367 e. The van der Waals surface area contributed by atoms with E-state index < -0.39 is 0 Å². The molecule has 3 heteroatoms. The fourth-order valence-electron chi connectivity index (χ4n) is 1.69. The standard InChI is InChI=1S/C7H12N2S/c10-7-6-1-3-9(4-2-6)5-8-7/h6H,1-5H2,(H,8,10). The Hall–Kier alpha value is -0.150. The molecule has 0 aromatic carbocycles. The molecule has 3 aliphatic rings. The van der Waals surface area contributed by atoms with Crippen LogP contribution in [0.25, 0.3) is 0 Å². The predicted octanol–water partition coefficient (Wildman–Crippen LogP) is 0.587. The van der Waals surface area contributed by atoms with Crippen LogP contribution in [0.15, 0.2) is 0 Å². The first kappa shape index (κ1) is 6.55. The number of piperidine rings is 1. The SMILES string of the molecule is S=C1NCN2CCC1CC2. The number of rotatable bonds is 0. The maximum atomic E-state index is 5.20. The van der Waals surface area contributed by atoms with Gasteiger partial charge >= 0.3 is 0 Å². The van der Waals surface area contributed by atoms with Gasteiger partial charge in [0.2, 0.25) is 0 Å². The van der Waals surface area contributed by atoms with Crippen LogP contribution in [0, 0.1) is 5.92 Å². The van der Waals surface area contributed by atoms with Crippen LogP contribution in [0.5, 0.6) is 0 Å². The zero-order valence-electron chi connectivity index (χ0n) is 5.97. The predicted molar refractivity (Wildman–Crippen MR) is 44.9 cm³/mol. The summed E-state index contributed by atoms with van der Waals surface area (Å²) in [5, 5.41) is 3.26. The van der Waals surface area contributed by atoms with Crippen LogP contribution in [-0.2, 0) is 0 Å². The van der Waals surface area contributed by atoms with Crippen LogP contribution in [0.2, 0.25) is 0 Å². The molecule has 0 aromatic heterocycles. The van der Waals surface area contributed by atoms with Crippen molar-refractivity contribution in [3.8, 4) is 0 Å². The number of hydrogen-bond acceptors (Lipinski definition) is 2. The highest BCUT2D eigenvalue weighted by molar-refractivity contribution is 7.80. The van der Waals surface area contributed by atoms with Crippen molar-refractivity contribution < 1.29 is 0 Å². The molecule has 0 aromatic rings. The molecular weight excluding hydrogens is 144 g/mol. The Kier molecular flexibility index (Phi) is 1.62. The molecule has 0 amide bonds. The third-order valence-corrected chi connectivity index (χ3v) is 2.91. The summed E-state index contributed by atoms with van der Waals surface area (Å²) in [6.45, 7) is 3.45. The largest absolute Gasteiger partial charge is 0.367 e. The van der Waals surface area contributed by atoms with Gasteiger partial charge in [0.05, 0.1) is 11.7 Å². The van der Waals surface area contributed by atoms with Gasteiger partial charge in [-0.25, -0.2) is 0 Å². The molecule has 0 aliphatic carbocycles. The van der Waals surface area contributed by atoms with Crippen molar-refractivity contribution in [1.82, 2.24) is 10.2 Å². The van der Waals surface area contributed by atoms with Gasteiger partial charge < -0.3 is 5.32 Å². The first-order valence-electron chi connectivity index (χ1n) is 3.86. The lowest BCUT2D eigenvalue weighted by Crippen LogP contribution is -2.33. The lowest BCUT2D eigenvalue weighted by Gasteiger charge is -2.24. The Morgan fingerprint density at radius 1 is 1.40 bits per heavy atom. The summed E-state index contributed by atoms with van der Waals surface area (Å²) in [6, 6.07) is 0. The Labute approximate surface area is 66.6 Å². The van der Waals surface area contributed by atoms with Gasteiger partial charge in [0.1, 0.15) is 0 Å². The van der Waals surface area contributed by atoms with Crippen molar-refractivity contribution in [3.63, 3.8) is 0 Å². The van der Waals surface area contributed by atoms with E-state index >= 15 is 0 Å². The van der Waals surface area contributed by atoms with E-state index in [1.54, 1.807) is 0 Å². The van der Waals surface area contributed by atoms with E-state index in [0.29, 0.717) is 5.92 Å². The number of thiocarbonyl (C=S) groups is 1. The second-order valence-electron chi connectivity index (χ2n) is 3.09. The van der Waals surface area contributed by atoms with Crippen LogP contribution in [-0.4, -0.2) is 29.6 Å². The highest BCUT2D eigenvalue weighted by Gasteiger charge is 2.25. The first-order chi connectivity index (χ1) is 4.86. The topological polar surface area (TPSA) is 15.3 Å². The number of nitrogens with one attached hydrogen (secondary N) is 1. The molecule has 2 bridgehead atoms. The van der Waals surface area contributed by atoms with Gasteiger partial charge in [0, 0.05) is 19.0 Å². The molecule has 3 fully saturated rings. The normalized spacial score (nSPS) is 39.0. The molecule has 3 rings (SSSR count). The molecule has 2 nitrogen and oxygen atoms in total. The van der Waals surface area contributed by atoms with Gasteiger partial charge in [-0.1, -0.05) is 12.2 Å². The molecule has 1 N–H and O–H groups in total. The molecule has 0 radical (unpaired) electrons. The molecule has 3 saturated heterocycles. The molecule has 0 spiro atoms. The fraction of sp³-hybridized carbons (Fsp3) is 0.857. The van der Waals surface area contributed by atoms with Gasteiger partial charge in [0.25, 0.3) is 0 Å². The van der Waals surface area contributed by atoms with Gasteiger partial charge in [-0.15, -0.1) is 0 Å². The van der Waals surface area contributed by atoms with Gasteiger partial charge in [0.15, 0.2) is 0 Å². The van der Waals surface area contributed by atoms with E-state index in [9.17, 15) is 0 Å². The highest BCUT2D eigenvalue weighted by Crippen LogP contribution is 2.20. The van der Waals surface area contributed by atoms with Gasteiger partial charge in [-0.3, -0.25) is 4.90 Å². The quantitative estimate of drug-likeness (QED) is 0.517. The first-order valence-corrected chi connectivity index (χ1v) is 4.27. The van der Waals surface area contributed by atoms with Crippen molar-refractivity contribution >= 4 is 17.2 Å². The summed E-state index contributed by atoms with van der Waals surface area (Å²) in [5.74, 6) is 0.689. The molecule has 10 heavy (non-hydrogen) atoms. The molecule has 0 atom stereocenters. The molecule has 0 saturated carbocycles. The molecule has 3 aliphatic heterocycles.